The normalized spacial score (nSPS) is 10.2. The van der Waals surface area contributed by atoms with Crippen molar-refractivity contribution >= 4 is 23.2 Å². The molecule has 3 rings (SSSR count). The molecule has 3 aromatic carbocycles. The highest BCUT2D eigenvalue weighted by molar-refractivity contribution is 6.08. The second-order valence-corrected chi connectivity index (χ2v) is 6.16. The summed E-state index contributed by atoms with van der Waals surface area (Å²) in [5, 5.41) is 2.85. The number of benzene rings is 3. The van der Waals surface area contributed by atoms with Crippen LogP contribution in [0.1, 0.15) is 27.6 Å². The maximum absolute atomic E-state index is 12.6. The van der Waals surface area contributed by atoms with Crippen LogP contribution in [0.4, 0.5) is 11.4 Å². The zero-order chi connectivity index (χ0) is 19.9. The monoisotopic (exact) mass is 374 g/mol. The summed E-state index contributed by atoms with van der Waals surface area (Å²) in [5.41, 5.74) is 2.39. The first-order chi connectivity index (χ1) is 13.6. The van der Waals surface area contributed by atoms with Gasteiger partial charge in [-0.3, -0.25) is 9.59 Å². The quantitative estimate of drug-likeness (QED) is 0.685. The zero-order valence-electron chi connectivity index (χ0n) is 15.9. The number of nitrogens with one attached hydrogen (secondary N) is 1. The van der Waals surface area contributed by atoms with E-state index in [2.05, 4.69) is 5.32 Å². The minimum absolute atomic E-state index is 0.139. The summed E-state index contributed by atoms with van der Waals surface area (Å²) >= 11 is 0. The van der Waals surface area contributed by atoms with E-state index in [-0.39, 0.29) is 11.8 Å². The highest BCUT2D eigenvalue weighted by Gasteiger charge is 2.15. The molecule has 0 saturated carbocycles. The predicted molar refractivity (Wildman–Crippen MR) is 111 cm³/mol. The third kappa shape index (κ3) is 4.38. The van der Waals surface area contributed by atoms with Crippen LogP contribution in [0.15, 0.2) is 78.9 Å². The van der Waals surface area contributed by atoms with Gasteiger partial charge in [0.15, 0.2) is 0 Å². The average molecular weight is 374 g/mol. The van der Waals surface area contributed by atoms with Crippen LogP contribution in [-0.4, -0.2) is 25.5 Å². The molecule has 0 aliphatic carbocycles. The Morgan fingerprint density at radius 2 is 1.46 bits per heavy atom. The molecule has 2 amide bonds. The van der Waals surface area contributed by atoms with Crippen LogP contribution in [0, 0.1) is 0 Å². The van der Waals surface area contributed by atoms with E-state index < -0.39 is 0 Å². The van der Waals surface area contributed by atoms with Crippen molar-refractivity contribution in [3.63, 3.8) is 0 Å². The average Bonchev–Trinajstić information content (AvgIpc) is 2.75. The summed E-state index contributed by atoms with van der Waals surface area (Å²) in [5.74, 6) is 0.219. The number of hydrogen-bond acceptors (Lipinski definition) is 3. The molecule has 0 heterocycles. The Balaban J connectivity index is 1.72. The molecule has 1 N–H and O–H groups in total. The Morgan fingerprint density at radius 1 is 0.857 bits per heavy atom. The van der Waals surface area contributed by atoms with Gasteiger partial charge < -0.3 is 15.0 Å². The Labute approximate surface area is 164 Å². The summed E-state index contributed by atoms with van der Waals surface area (Å²) in [7, 11) is 1.73. The van der Waals surface area contributed by atoms with E-state index in [1.54, 1.807) is 48.3 Å². The lowest BCUT2D eigenvalue weighted by molar-refractivity contribution is 0.0989. The molecule has 142 valence electrons. The van der Waals surface area contributed by atoms with Crippen molar-refractivity contribution in [2.75, 3.05) is 23.9 Å². The van der Waals surface area contributed by atoms with Gasteiger partial charge >= 0.3 is 0 Å². The van der Waals surface area contributed by atoms with Gasteiger partial charge in [0.25, 0.3) is 11.8 Å². The van der Waals surface area contributed by atoms with Gasteiger partial charge in [0, 0.05) is 23.9 Å². The smallest absolute Gasteiger partial charge is 0.258 e. The highest BCUT2D eigenvalue weighted by atomic mass is 16.5. The van der Waals surface area contributed by atoms with Gasteiger partial charge in [0.05, 0.1) is 12.3 Å². The van der Waals surface area contributed by atoms with Crippen molar-refractivity contribution in [2.24, 2.45) is 0 Å². The van der Waals surface area contributed by atoms with Crippen LogP contribution < -0.4 is 15.0 Å². The molecule has 28 heavy (non-hydrogen) atoms. The number of rotatable bonds is 6. The van der Waals surface area contributed by atoms with E-state index in [0.717, 1.165) is 5.69 Å². The molecule has 0 saturated heterocycles. The maximum Gasteiger partial charge on any atom is 0.258 e. The molecule has 5 nitrogen and oxygen atoms in total. The number of anilines is 2. The minimum Gasteiger partial charge on any atom is -0.492 e. The molecule has 0 spiro atoms. The first-order valence-corrected chi connectivity index (χ1v) is 9.06. The van der Waals surface area contributed by atoms with Crippen molar-refractivity contribution in [2.45, 2.75) is 6.92 Å². The first kappa shape index (κ1) is 19.2. The number of ether oxygens (including phenoxy) is 1. The molecule has 0 radical (unpaired) electrons. The van der Waals surface area contributed by atoms with Crippen LogP contribution >= 0.6 is 0 Å². The molecule has 3 aromatic rings. The Hall–Kier alpha value is -3.60. The van der Waals surface area contributed by atoms with Crippen LogP contribution in [-0.2, 0) is 0 Å². The van der Waals surface area contributed by atoms with E-state index in [1.807, 2.05) is 49.4 Å². The molecule has 0 atom stereocenters. The molecule has 0 aliphatic heterocycles. The topological polar surface area (TPSA) is 58.6 Å². The number of para-hydroxylation sites is 3. The van der Waals surface area contributed by atoms with Crippen molar-refractivity contribution in [3.8, 4) is 5.75 Å². The lowest BCUT2D eigenvalue weighted by atomic mass is 10.1. The molecule has 0 fully saturated rings. The Kier molecular flexibility index (Phi) is 6.07. The fourth-order valence-electron chi connectivity index (χ4n) is 2.77. The fourth-order valence-corrected chi connectivity index (χ4v) is 2.77. The van der Waals surface area contributed by atoms with Crippen LogP contribution in [0.25, 0.3) is 0 Å². The third-order valence-electron chi connectivity index (χ3n) is 4.28. The van der Waals surface area contributed by atoms with Crippen LogP contribution in [0.5, 0.6) is 5.75 Å². The Bertz CT molecular complexity index is 953. The summed E-state index contributed by atoms with van der Waals surface area (Å²) in [6.07, 6.45) is 0. The van der Waals surface area contributed by atoms with Gasteiger partial charge in [-0.1, -0.05) is 30.3 Å². The lowest BCUT2D eigenvalue weighted by Gasteiger charge is -2.17. The summed E-state index contributed by atoms with van der Waals surface area (Å²) in [6.45, 7) is 2.40. The summed E-state index contributed by atoms with van der Waals surface area (Å²) < 4.78 is 5.53. The lowest BCUT2D eigenvalue weighted by Crippen LogP contribution is -2.26. The second kappa shape index (κ2) is 8.86. The highest BCUT2D eigenvalue weighted by Crippen LogP contribution is 2.24. The maximum atomic E-state index is 12.6. The molecule has 0 aromatic heterocycles. The molecule has 0 aliphatic rings. The molecular formula is C23H22N2O3. The van der Waals surface area contributed by atoms with E-state index >= 15 is 0 Å². The van der Waals surface area contributed by atoms with Crippen molar-refractivity contribution < 1.29 is 14.3 Å². The van der Waals surface area contributed by atoms with Crippen LogP contribution in [0.2, 0.25) is 0 Å². The van der Waals surface area contributed by atoms with E-state index in [9.17, 15) is 9.59 Å². The number of carbonyl (C=O) groups is 2. The van der Waals surface area contributed by atoms with Crippen LogP contribution in [0.3, 0.4) is 0 Å². The third-order valence-corrected chi connectivity index (χ3v) is 4.28. The van der Waals surface area contributed by atoms with E-state index in [4.69, 9.17) is 4.74 Å². The first-order valence-electron chi connectivity index (χ1n) is 9.06. The van der Waals surface area contributed by atoms with E-state index in [0.29, 0.717) is 29.2 Å². The largest absolute Gasteiger partial charge is 0.492 e. The molecule has 5 heteroatoms. The number of hydrogen-bond donors (Lipinski definition) is 1. The van der Waals surface area contributed by atoms with Gasteiger partial charge in [-0.05, 0) is 55.5 Å². The number of nitrogens with zero attached hydrogens (tertiary/aromatic N) is 1. The van der Waals surface area contributed by atoms with Gasteiger partial charge in [0.2, 0.25) is 0 Å². The Morgan fingerprint density at radius 3 is 2.14 bits per heavy atom. The molecular weight excluding hydrogens is 352 g/mol. The van der Waals surface area contributed by atoms with E-state index in [1.165, 1.54) is 0 Å². The van der Waals surface area contributed by atoms with Crippen molar-refractivity contribution in [1.29, 1.82) is 0 Å². The van der Waals surface area contributed by atoms with Gasteiger partial charge in [0.1, 0.15) is 5.75 Å². The number of carbonyl (C=O) groups excluding carboxylic acids is 2. The van der Waals surface area contributed by atoms with Crippen molar-refractivity contribution in [3.05, 3.63) is 90.0 Å². The molecule has 0 bridgehead atoms. The summed E-state index contributed by atoms with van der Waals surface area (Å²) in [4.78, 5) is 26.8. The summed E-state index contributed by atoms with van der Waals surface area (Å²) in [6, 6.07) is 23.3. The standard InChI is InChI=1S/C23H22N2O3/c1-3-28-21-12-8-7-11-20(21)24-22(26)17-13-15-18(16-14-17)23(27)25(2)19-9-5-4-6-10-19/h4-16H,3H2,1-2H3,(H,24,26). The predicted octanol–water partition coefficient (Wildman–Crippen LogP) is 4.61. The van der Waals surface area contributed by atoms with Gasteiger partial charge in [-0.2, -0.15) is 0 Å². The minimum atomic E-state index is -0.262. The van der Waals surface area contributed by atoms with Gasteiger partial charge in [-0.25, -0.2) is 0 Å². The molecule has 0 unspecified atom stereocenters. The second-order valence-electron chi connectivity index (χ2n) is 6.16. The van der Waals surface area contributed by atoms with Gasteiger partial charge in [-0.15, -0.1) is 0 Å². The fraction of sp³-hybridized carbons (Fsp3) is 0.130. The van der Waals surface area contributed by atoms with Crippen molar-refractivity contribution in [1.82, 2.24) is 0 Å². The number of amides is 2. The SMILES string of the molecule is CCOc1ccccc1NC(=O)c1ccc(C(=O)N(C)c2ccccc2)cc1. The zero-order valence-corrected chi connectivity index (χ0v) is 15.9.